The Kier molecular flexibility index (Phi) is 11.5. The van der Waals surface area contributed by atoms with Crippen molar-refractivity contribution in [2.45, 2.75) is 58.3 Å². The van der Waals surface area contributed by atoms with Crippen molar-refractivity contribution in [3.8, 4) is 11.5 Å². The first-order valence-electron chi connectivity index (χ1n) is 14.1. The zero-order valence-electron chi connectivity index (χ0n) is 26.2. The molecule has 42 heavy (non-hydrogen) atoms. The number of Topliss-reactive ketones (excluding diaryl/α,β-unsaturated/α-hetero) is 1. The number of nitrogens with two attached hydrogens (primary N) is 1. The number of ether oxygens (including phenoxy) is 5. The van der Waals surface area contributed by atoms with Gasteiger partial charge in [0.15, 0.2) is 28.8 Å². The van der Waals surface area contributed by atoms with Crippen LogP contribution in [-0.2, 0) is 19.6 Å². The lowest BCUT2D eigenvalue weighted by Gasteiger charge is -2.40. The molecule has 12 nitrogen and oxygen atoms in total. The number of carbonyl (C=O) groups is 1. The highest BCUT2D eigenvalue weighted by Gasteiger charge is 2.41. The summed E-state index contributed by atoms with van der Waals surface area (Å²) in [5.41, 5.74) is 10.3. The Labute approximate surface area is 249 Å². The van der Waals surface area contributed by atoms with Gasteiger partial charge in [0.25, 0.3) is 0 Å². The van der Waals surface area contributed by atoms with Gasteiger partial charge in [0.1, 0.15) is 18.5 Å². The lowest BCUT2D eigenvalue weighted by molar-refractivity contribution is -0.134. The fourth-order valence-corrected chi connectivity index (χ4v) is 4.96. The summed E-state index contributed by atoms with van der Waals surface area (Å²) in [4.78, 5) is 13.8. The van der Waals surface area contributed by atoms with Gasteiger partial charge in [-0.1, -0.05) is 20.8 Å². The lowest BCUT2D eigenvalue weighted by atomic mass is 9.84. The lowest BCUT2D eigenvalue weighted by Crippen LogP contribution is -2.59. The smallest absolute Gasteiger partial charge is 0.184 e. The fourth-order valence-electron chi connectivity index (χ4n) is 4.96. The molecule has 2 heterocycles. The van der Waals surface area contributed by atoms with Gasteiger partial charge in [-0.3, -0.25) is 4.79 Å². The molecule has 1 unspecified atom stereocenters. The van der Waals surface area contributed by atoms with Crippen molar-refractivity contribution in [3.63, 3.8) is 0 Å². The van der Waals surface area contributed by atoms with Gasteiger partial charge in [0.2, 0.25) is 0 Å². The summed E-state index contributed by atoms with van der Waals surface area (Å²) in [6.07, 6.45) is 3.89. The molecule has 0 saturated heterocycles. The van der Waals surface area contributed by atoms with Crippen LogP contribution in [0.2, 0.25) is 0 Å². The first kappa shape index (κ1) is 33.5. The van der Waals surface area contributed by atoms with Gasteiger partial charge < -0.3 is 34.5 Å². The van der Waals surface area contributed by atoms with Crippen LogP contribution < -0.4 is 20.6 Å². The molecule has 3 rings (SSSR count). The minimum absolute atomic E-state index is 0.000516. The van der Waals surface area contributed by atoms with E-state index in [0.717, 1.165) is 11.1 Å². The second kappa shape index (κ2) is 14.5. The van der Waals surface area contributed by atoms with Crippen LogP contribution in [0.4, 0.5) is 0 Å². The quantitative estimate of drug-likeness (QED) is 0.205. The number of nitrogens with one attached hydrogen (secondary N) is 1. The average Bonchev–Trinajstić information content (AvgIpc) is 3.24. The van der Waals surface area contributed by atoms with Crippen molar-refractivity contribution in [1.29, 1.82) is 0 Å². The third kappa shape index (κ3) is 7.88. The second-order valence-corrected chi connectivity index (χ2v) is 11.5. The van der Waals surface area contributed by atoms with Crippen molar-refractivity contribution < 1.29 is 33.6 Å². The van der Waals surface area contributed by atoms with Crippen molar-refractivity contribution in [3.05, 3.63) is 46.8 Å². The minimum Gasteiger partial charge on any atom is -0.493 e. The van der Waals surface area contributed by atoms with Crippen LogP contribution >= 0.6 is 0 Å². The first-order valence-corrected chi connectivity index (χ1v) is 14.1. The van der Waals surface area contributed by atoms with Gasteiger partial charge in [-0.25, -0.2) is 10.0 Å². The Morgan fingerprint density at radius 1 is 1.21 bits per heavy atom. The number of hydrogen-bond donors (Lipinski definition) is 3. The Hall–Kier alpha value is -3.00. The van der Waals surface area contributed by atoms with Crippen LogP contribution in [0.5, 0.6) is 11.5 Å². The highest BCUT2D eigenvalue weighted by atomic mass is 16.6. The van der Waals surface area contributed by atoms with Crippen molar-refractivity contribution in [2.75, 3.05) is 60.8 Å². The number of benzene rings is 1. The van der Waals surface area contributed by atoms with Gasteiger partial charge in [-0.05, 0) is 49.1 Å². The Bertz CT molecular complexity index is 1190. The third-order valence-corrected chi connectivity index (χ3v) is 6.76. The average molecular weight is 590 g/mol. The van der Waals surface area contributed by atoms with Crippen LogP contribution in [0.25, 0.3) is 0 Å². The van der Waals surface area contributed by atoms with E-state index in [4.69, 9.17) is 34.5 Å². The molecule has 234 valence electrons. The predicted molar refractivity (Wildman–Crippen MR) is 160 cm³/mol. The summed E-state index contributed by atoms with van der Waals surface area (Å²) in [7, 11) is 4.81. The number of ketones is 1. The summed E-state index contributed by atoms with van der Waals surface area (Å²) >= 11 is 0. The highest BCUT2D eigenvalue weighted by molar-refractivity contribution is 6.02. The number of aliphatic hydroxyl groups excluding tert-OH is 1. The molecule has 0 aromatic heterocycles. The Balaban J connectivity index is 1.91. The molecular formula is C30H47N5O7. The summed E-state index contributed by atoms with van der Waals surface area (Å²) < 4.78 is 28.6. The van der Waals surface area contributed by atoms with Gasteiger partial charge in [-0.15, -0.1) is 0 Å². The van der Waals surface area contributed by atoms with E-state index in [9.17, 15) is 9.90 Å². The molecular weight excluding hydrogens is 542 g/mol. The standard InChI is InChI=1S/C30H47N5O7/c1-20-16-30(5,42-22(18-38-6)19-39-7)33-35-26(10-11-31)34(32-28(20)35)17-24(37)21-14-23(29(2,3)4)27(40-8)25(15-21)41-13-9-12-36/h10,14-16,22,33,36H,9,11-13,17-19,31H2,1-8H3/b26-10-. The zero-order valence-corrected chi connectivity index (χ0v) is 26.2. The maximum atomic E-state index is 13.8. The van der Waals surface area contributed by atoms with Gasteiger partial charge in [0.05, 0.1) is 26.9 Å². The predicted octanol–water partition coefficient (Wildman–Crippen LogP) is 2.53. The van der Waals surface area contributed by atoms with Gasteiger partial charge in [-0.2, -0.15) is 10.5 Å². The Morgan fingerprint density at radius 3 is 2.48 bits per heavy atom. The molecule has 12 heteroatoms. The summed E-state index contributed by atoms with van der Waals surface area (Å²) in [5, 5.41) is 17.4. The van der Waals surface area contributed by atoms with Crippen LogP contribution in [0.1, 0.15) is 57.0 Å². The highest BCUT2D eigenvalue weighted by Crippen LogP contribution is 2.40. The number of hydrazine groups is 1. The molecule has 0 fully saturated rings. The molecule has 0 aliphatic carbocycles. The first-order chi connectivity index (χ1) is 19.9. The molecule has 2 aliphatic heterocycles. The van der Waals surface area contributed by atoms with Crippen molar-refractivity contribution in [1.82, 2.24) is 15.4 Å². The number of methoxy groups -OCH3 is 3. The summed E-state index contributed by atoms with van der Waals surface area (Å²) in [6, 6.07) is 3.54. The summed E-state index contributed by atoms with van der Waals surface area (Å²) in [6.45, 7) is 11.2. The molecule has 1 aromatic rings. The zero-order chi connectivity index (χ0) is 31.1. The molecule has 0 saturated carbocycles. The topological polar surface area (TPSA) is 140 Å². The van der Waals surface area contributed by atoms with E-state index in [-0.39, 0.29) is 37.0 Å². The van der Waals surface area contributed by atoms with Crippen LogP contribution in [-0.4, -0.2) is 99.4 Å². The number of nitrogens with zero attached hydrogens (tertiary/aromatic N) is 3. The van der Waals surface area contributed by atoms with Crippen LogP contribution in [0.15, 0.2) is 40.8 Å². The van der Waals surface area contributed by atoms with E-state index in [1.165, 1.54) is 0 Å². The molecule has 0 bridgehead atoms. The third-order valence-electron chi connectivity index (χ3n) is 6.76. The van der Waals surface area contributed by atoms with Crippen molar-refractivity contribution in [2.24, 2.45) is 10.8 Å². The van der Waals surface area contributed by atoms with E-state index < -0.39 is 5.72 Å². The molecule has 2 aliphatic rings. The number of hydrazone groups is 1. The second-order valence-electron chi connectivity index (χ2n) is 11.5. The Morgan fingerprint density at radius 2 is 1.90 bits per heavy atom. The van der Waals surface area contributed by atoms with E-state index >= 15 is 0 Å². The number of amidine groups is 1. The number of fused-ring (bicyclic) bond motifs is 1. The summed E-state index contributed by atoms with van der Waals surface area (Å²) in [5.74, 6) is 2.12. The van der Waals surface area contributed by atoms with Crippen molar-refractivity contribution >= 4 is 11.6 Å². The van der Waals surface area contributed by atoms with E-state index in [2.05, 4.69) is 5.43 Å². The number of aliphatic hydroxyl groups is 1. The SMILES string of the molecule is COCC(COC)OC1(C)C=C(C)C2=NN(CC(=O)c3cc(OCCCO)c(OC)c(C(C)(C)C)c3)/C(=C/CN)N2N1. The van der Waals surface area contributed by atoms with Crippen LogP contribution in [0, 0.1) is 0 Å². The molecule has 0 radical (unpaired) electrons. The van der Waals surface area contributed by atoms with Crippen LogP contribution in [0.3, 0.4) is 0 Å². The number of rotatable bonds is 15. The molecule has 1 atom stereocenters. The normalized spacial score (nSPS) is 19.7. The van der Waals surface area contributed by atoms with Gasteiger partial charge >= 0.3 is 0 Å². The van der Waals surface area contributed by atoms with E-state index in [0.29, 0.717) is 55.0 Å². The number of hydrogen-bond acceptors (Lipinski definition) is 12. The van der Waals surface area contributed by atoms with E-state index in [1.807, 2.05) is 46.8 Å². The maximum absolute atomic E-state index is 13.8. The maximum Gasteiger partial charge on any atom is 0.184 e. The largest absolute Gasteiger partial charge is 0.493 e. The molecule has 1 aromatic carbocycles. The molecule has 0 spiro atoms. The fraction of sp³-hybridized carbons (Fsp3) is 0.600. The van der Waals surface area contributed by atoms with Gasteiger partial charge in [0, 0.05) is 44.9 Å². The monoisotopic (exact) mass is 589 g/mol. The molecule has 4 N–H and O–H groups in total. The molecule has 0 amide bonds. The number of carbonyl (C=O) groups excluding carboxylic acids is 1. The van der Waals surface area contributed by atoms with E-state index in [1.54, 1.807) is 43.5 Å². The minimum atomic E-state index is -0.906.